The number of allylic oxidation sites excluding steroid dienone is 1. The van der Waals surface area contributed by atoms with Crippen LogP contribution >= 0.6 is 11.6 Å². The van der Waals surface area contributed by atoms with Crippen molar-refractivity contribution in [2.75, 3.05) is 5.32 Å². The molecule has 0 fully saturated rings. The Morgan fingerprint density at radius 3 is 2.39 bits per heavy atom. The second-order valence-corrected chi connectivity index (χ2v) is 4.83. The highest BCUT2D eigenvalue weighted by Crippen LogP contribution is 2.20. The van der Waals surface area contributed by atoms with Gasteiger partial charge in [-0.05, 0) is 23.8 Å². The van der Waals surface area contributed by atoms with Crippen molar-refractivity contribution < 1.29 is 9.59 Å². The molecule has 5 nitrogen and oxygen atoms in total. The largest absolute Gasteiger partial charge is 0.329 e. The van der Waals surface area contributed by atoms with E-state index < -0.39 is 11.8 Å². The van der Waals surface area contributed by atoms with Crippen LogP contribution in [0.3, 0.4) is 0 Å². The summed E-state index contributed by atoms with van der Waals surface area (Å²) in [6, 6.07) is 16.2. The maximum absolute atomic E-state index is 11.7. The molecule has 0 aliphatic carbocycles. The Bertz CT molecular complexity index is 743. The first-order valence-corrected chi connectivity index (χ1v) is 7.15. The molecule has 2 aromatic carbocycles. The van der Waals surface area contributed by atoms with E-state index in [1.165, 1.54) is 6.21 Å². The van der Waals surface area contributed by atoms with Crippen LogP contribution in [0.5, 0.6) is 0 Å². The lowest BCUT2D eigenvalue weighted by atomic mass is 10.2. The molecule has 0 atom stereocenters. The maximum atomic E-state index is 11.7. The second kappa shape index (κ2) is 8.51. The summed E-state index contributed by atoms with van der Waals surface area (Å²) < 4.78 is 0. The van der Waals surface area contributed by atoms with Gasteiger partial charge in [-0.2, -0.15) is 5.10 Å². The molecule has 0 unspecified atom stereocenters. The molecule has 0 bridgehead atoms. The Morgan fingerprint density at radius 2 is 1.65 bits per heavy atom. The van der Waals surface area contributed by atoms with Gasteiger partial charge in [-0.25, -0.2) is 5.43 Å². The second-order valence-electron chi connectivity index (χ2n) is 4.42. The van der Waals surface area contributed by atoms with E-state index in [1.807, 2.05) is 36.4 Å². The van der Waals surface area contributed by atoms with Crippen LogP contribution < -0.4 is 10.7 Å². The number of carbonyl (C=O) groups is 2. The number of hydrazone groups is 1. The van der Waals surface area contributed by atoms with Gasteiger partial charge in [-0.15, -0.1) is 0 Å². The van der Waals surface area contributed by atoms with Crippen molar-refractivity contribution in [3.05, 3.63) is 71.3 Å². The van der Waals surface area contributed by atoms with Crippen molar-refractivity contribution in [1.29, 1.82) is 0 Å². The molecular formula is C17H14ClN3O2. The van der Waals surface area contributed by atoms with Gasteiger partial charge in [-0.3, -0.25) is 9.59 Å². The minimum Gasteiger partial charge on any atom is -0.316 e. The highest BCUT2D eigenvalue weighted by Gasteiger charge is 2.13. The zero-order valence-electron chi connectivity index (χ0n) is 12.1. The Balaban J connectivity index is 1.82. The molecule has 0 radical (unpaired) electrons. The van der Waals surface area contributed by atoms with E-state index in [4.69, 9.17) is 11.6 Å². The summed E-state index contributed by atoms with van der Waals surface area (Å²) >= 11 is 5.89. The van der Waals surface area contributed by atoms with Gasteiger partial charge in [0.05, 0.1) is 10.7 Å². The van der Waals surface area contributed by atoms with Crippen molar-refractivity contribution in [3.8, 4) is 0 Å². The van der Waals surface area contributed by atoms with Gasteiger partial charge in [0.1, 0.15) is 0 Å². The summed E-state index contributed by atoms with van der Waals surface area (Å²) in [6.45, 7) is 0. The summed E-state index contributed by atoms with van der Waals surface area (Å²) in [5, 5.41) is 6.42. The zero-order valence-corrected chi connectivity index (χ0v) is 12.8. The molecule has 116 valence electrons. The Hall–Kier alpha value is -2.92. The number of hydrogen-bond acceptors (Lipinski definition) is 3. The minimum absolute atomic E-state index is 0.350. The van der Waals surface area contributed by atoms with Crippen LogP contribution in [0.15, 0.2) is 65.8 Å². The van der Waals surface area contributed by atoms with Crippen molar-refractivity contribution in [2.24, 2.45) is 5.10 Å². The summed E-state index contributed by atoms with van der Waals surface area (Å²) in [7, 11) is 0. The molecule has 2 N–H and O–H groups in total. The van der Waals surface area contributed by atoms with Gasteiger partial charge in [-0.1, -0.05) is 60.1 Å². The molecule has 0 aliphatic rings. The van der Waals surface area contributed by atoms with E-state index in [1.54, 1.807) is 30.3 Å². The van der Waals surface area contributed by atoms with Crippen LogP contribution in [0.2, 0.25) is 5.02 Å². The molecule has 23 heavy (non-hydrogen) atoms. The van der Waals surface area contributed by atoms with Crippen molar-refractivity contribution in [2.45, 2.75) is 0 Å². The lowest BCUT2D eigenvalue weighted by Crippen LogP contribution is -2.32. The van der Waals surface area contributed by atoms with Crippen LogP contribution in [-0.4, -0.2) is 18.0 Å². The highest BCUT2D eigenvalue weighted by molar-refractivity contribution is 6.41. The van der Waals surface area contributed by atoms with Crippen LogP contribution in [0.25, 0.3) is 6.08 Å². The number of nitrogens with zero attached hydrogens (tertiary/aromatic N) is 1. The number of benzene rings is 2. The van der Waals surface area contributed by atoms with Crippen LogP contribution in [-0.2, 0) is 9.59 Å². The van der Waals surface area contributed by atoms with E-state index in [9.17, 15) is 9.59 Å². The van der Waals surface area contributed by atoms with Gasteiger partial charge >= 0.3 is 11.8 Å². The highest BCUT2D eigenvalue weighted by atomic mass is 35.5. The topological polar surface area (TPSA) is 70.6 Å². The average molecular weight is 328 g/mol. The smallest absolute Gasteiger partial charge is 0.316 e. The van der Waals surface area contributed by atoms with Crippen molar-refractivity contribution in [1.82, 2.24) is 5.43 Å². The number of hydrogen-bond donors (Lipinski definition) is 2. The molecule has 0 spiro atoms. The number of halogens is 1. The van der Waals surface area contributed by atoms with Crippen molar-refractivity contribution in [3.63, 3.8) is 0 Å². The molecule has 0 saturated carbocycles. The van der Waals surface area contributed by atoms with E-state index in [0.29, 0.717) is 10.7 Å². The lowest BCUT2D eigenvalue weighted by Gasteiger charge is -2.05. The number of carbonyl (C=O) groups excluding carboxylic acids is 2. The van der Waals surface area contributed by atoms with Crippen molar-refractivity contribution >= 4 is 41.4 Å². The fourth-order valence-corrected chi connectivity index (χ4v) is 1.83. The summed E-state index contributed by atoms with van der Waals surface area (Å²) in [6.07, 6.45) is 4.86. The van der Waals surface area contributed by atoms with E-state index in [0.717, 1.165) is 5.56 Å². The third kappa shape index (κ3) is 5.41. The summed E-state index contributed by atoms with van der Waals surface area (Å²) in [5.41, 5.74) is 3.50. The quantitative estimate of drug-likeness (QED) is 0.514. The Kier molecular flexibility index (Phi) is 6.08. The third-order valence-electron chi connectivity index (χ3n) is 2.74. The lowest BCUT2D eigenvalue weighted by molar-refractivity contribution is -0.136. The van der Waals surface area contributed by atoms with Crippen LogP contribution in [0.4, 0.5) is 5.69 Å². The molecule has 2 rings (SSSR count). The molecule has 0 heterocycles. The van der Waals surface area contributed by atoms with Gasteiger partial charge < -0.3 is 5.32 Å². The van der Waals surface area contributed by atoms with Crippen LogP contribution in [0.1, 0.15) is 5.56 Å². The fourth-order valence-electron chi connectivity index (χ4n) is 1.65. The molecule has 6 heteroatoms. The predicted molar refractivity (Wildman–Crippen MR) is 92.2 cm³/mol. The van der Waals surface area contributed by atoms with Gasteiger partial charge in [0.2, 0.25) is 0 Å². The first-order chi connectivity index (χ1) is 11.2. The van der Waals surface area contributed by atoms with Gasteiger partial charge in [0, 0.05) is 6.21 Å². The summed E-state index contributed by atoms with van der Waals surface area (Å²) in [5.74, 6) is -1.73. The van der Waals surface area contributed by atoms with E-state index in [-0.39, 0.29) is 0 Å². The first kappa shape index (κ1) is 16.5. The van der Waals surface area contributed by atoms with E-state index in [2.05, 4.69) is 15.8 Å². The normalized spacial score (nSPS) is 10.8. The average Bonchev–Trinajstić information content (AvgIpc) is 2.57. The van der Waals surface area contributed by atoms with Gasteiger partial charge in [0.25, 0.3) is 0 Å². The molecule has 2 amide bonds. The number of amides is 2. The Morgan fingerprint density at radius 1 is 0.957 bits per heavy atom. The zero-order chi connectivity index (χ0) is 16.5. The number of nitrogens with one attached hydrogen (secondary N) is 2. The predicted octanol–water partition coefficient (Wildman–Crippen LogP) is 3.09. The van der Waals surface area contributed by atoms with Crippen LogP contribution in [0, 0.1) is 0 Å². The number of rotatable bonds is 4. The molecule has 0 saturated heterocycles. The first-order valence-electron chi connectivity index (χ1n) is 6.77. The number of anilines is 1. The molecule has 0 aromatic heterocycles. The SMILES string of the molecule is O=C(N/N=C/C=C/c1ccccc1)C(=O)Nc1ccccc1Cl. The van der Waals surface area contributed by atoms with E-state index >= 15 is 0 Å². The fraction of sp³-hybridized carbons (Fsp3) is 0. The monoisotopic (exact) mass is 327 g/mol. The minimum atomic E-state index is -0.880. The molecular weight excluding hydrogens is 314 g/mol. The Labute approximate surface area is 138 Å². The standard InChI is InChI=1S/C17H14ClN3O2/c18-14-10-4-5-11-15(14)20-16(22)17(23)21-19-12-6-9-13-7-2-1-3-8-13/h1-12H,(H,20,22)(H,21,23)/b9-6+,19-12+. The van der Waals surface area contributed by atoms with Gasteiger partial charge in [0.15, 0.2) is 0 Å². The summed E-state index contributed by atoms with van der Waals surface area (Å²) in [4.78, 5) is 23.3. The molecule has 2 aromatic rings. The maximum Gasteiger partial charge on any atom is 0.329 e. The molecule has 0 aliphatic heterocycles. The third-order valence-corrected chi connectivity index (χ3v) is 3.07. The number of para-hydroxylation sites is 1.